The Morgan fingerprint density at radius 1 is 1.45 bits per heavy atom. The number of nitrogens with one attached hydrogen (secondary N) is 1. The van der Waals surface area contributed by atoms with Crippen molar-refractivity contribution in [2.75, 3.05) is 5.09 Å². The van der Waals surface area contributed by atoms with Crippen LogP contribution in [-0.4, -0.2) is 9.97 Å². The van der Waals surface area contributed by atoms with Gasteiger partial charge in [0.15, 0.2) is 5.82 Å². The van der Waals surface area contributed by atoms with Gasteiger partial charge in [-0.05, 0) is 0 Å². The van der Waals surface area contributed by atoms with Gasteiger partial charge < -0.3 is 0 Å². The van der Waals surface area contributed by atoms with Gasteiger partial charge in [0.25, 0.3) is 7.59 Å². The SMILES string of the molecule is NP(N)(=O)Nc1cnccn1. The Hall–Kier alpha value is -0.970. The van der Waals surface area contributed by atoms with Crippen molar-refractivity contribution in [3.63, 3.8) is 0 Å². The minimum Gasteiger partial charge on any atom is -0.296 e. The van der Waals surface area contributed by atoms with Crippen molar-refractivity contribution in [2.45, 2.75) is 0 Å². The Labute approximate surface area is 63.6 Å². The smallest absolute Gasteiger partial charge is 0.296 e. The van der Waals surface area contributed by atoms with Crippen LogP contribution in [0.3, 0.4) is 0 Å². The maximum Gasteiger partial charge on any atom is 0.299 e. The molecule has 0 aliphatic carbocycles. The molecule has 0 radical (unpaired) electrons. The lowest BCUT2D eigenvalue weighted by Gasteiger charge is -2.07. The zero-order valence-corrected chi connectivity index (χ0v) is 6.53. The summed E-state index contributed by atoms with van der Waals surface area (Å²) in [6, 6.07) is 0. The maximum absolute atomic E-state index is 10.8. The number of hydrogen-bond donors (Lipinski definition) is 3. The van der Waals surface area contributed by atoms with Gasteiger partial charge in [-0.3, -0.25) is 25.6 Å². The van der Waals surface area contributed by atoms with Crippen LogP contribution in [0.1, 0.15) is 0 Å². The molecule has 1 rings (SSSR count). The van der Waals surface area contributed by atoms with Crippen LogP contribution in [0.4, 0.5) is 5.82 Å². The van der Waals surface area contributed by atoms with Gasteiger partial charge in [-0.2, -0.15) is 0 Å². The zero-order valence-electron chi connectivity index (χ0n) is 5.64. The standard InChI is InChI=1S/C4H8N5OP/c5-11(6,10)9-4-3-7-1-2-8-4/h1-3H,(H5,5,6,8,9,10). The van der Waals surface area contributed by atoms with Gasteiger partial charge in [0.1, 0.15) is 0 Å². The largest absolute Gasteiger partial charge is 0.299 e. The molecule has 0 aromatic carbocycles. The van der Waals surface area contributed by atoms with Crippen molar-refractivity contribution in [3.8, 4) is 0 Å². The Bertz CT molecular complexity index is 269. The van der Waals surface area contributed by atoms with Gasteiger partial charge in [0.2, 0.25) is 0 Å². The zero-order chi connectivity index (χ0) is 8.32. The number of aromatic nitrogens is 2. The van der Waals surface area contributed by atoms with Gasteiger partial charge in [0, 0.05) is 12.4 Å². The molecule has 0 bridgehead atoms. The molecule has 11 heavy (non-hydrogen) atoms. The summed E-state index contributed by atoms with van der Waals surface area (Å²) in [5.41, 5.74) is 10.0. The van der Waals surface area contributed by atoms with Crippen LogP contribution < -0.4 is 16.1 Å². The van der Waals surface area contributed by atoms with E-state index in [9.17, 15) is 4.57 Å². The highest BCUT2D eigenvalue weighted by Crippen LogP contribution is 2.24. The van der Waals surface area contributed by atoms with E-state index in [2.05, 4.69) is 15.1 Å². The van der Waals surface area contributed by atoms with Crippen molar-refractivity contribution in [2.24, 2.45) is 11.0 Å². The van der Waals surface area contributed by atoms with E-state index in [1.165, 1.54) is 18.6 Å². The van der Waals surface area contributed by atoms with Crippen LogP contribution in [0.5, 0.6) is 0 Å². The average molecular weight is 173 g/mol. The predicted molar refractivity (Wildman–Crippen MR) is 41.6 cm³/mol. The minimum atomic E-state index is -3.24. The summed E-state index contributed by atoms with van der Waals surface area (Å²) in [5.74, 6) is 0.306. The van der Waals surface area contributed by atoms with E-state index in [0.29, 0.717) is 5.82 Å². The Morgan fingerprint density at radius 2 is 2.18 bits per heavy atom. The summed E-state index contributed by atoms with van der Waals surface area (Å²) in [6.07, 6.45) is 4.31. The summed E-state index contributed by atoms with van der Waals surface area (Å²) >= 11 is 0. The molecule has 0 saturated carbocycles. The van der Waals surface area contributed by atoms with Crippen LogP contribution >= 0.6 is 7.59 Å². The van der Waals surface area contributed by atoms with Gasteiger partial charge in [0.05, 0.1) is 6.20 Å². The first kappa shape index (κ1) is 8.13. The third-order valence-corrected chi connectivity index (χ3v) is 1.43. The second-order valence-electron chi connectivity index (χ2n) is 1.91. The van der Waals surface area contributed by atoms with Crippen LogP contribution in [0.25, 0.3) is 0 Å². The summed E-state index contributed by atoms with van der Waals surface area (Å²) < 4.78 is 10.8. The quantitative estimate of drug-likeness (QED) is 0.539. The van der Waals surface area contributed by atoms with Crippen molar-refractivity contribution in [3.05, 3.63) is 18.6 Å². The fourth-order valence-corrected chi connectivity index (χ4v) is 1.01. The number of hydrogen-bond acceptors (Lipinski definition) is 3. The van der Waals surface area contributed by atoms with Crippen molar-refractivity contribution >= 4 is 13.4 Å². The molecule has 60 valence electrons. The number of anilines is 1. The molecule has 1 aromatic heterocycles. The molecule has 5 N–H and O–H groups in total. The molecule has 0 aliphatic heterocycles. The van der Waals surface area contributed by atoms with Crippen LogP contribution in [0.2, 0.25) is 0 Å². The molecule has 0 atom stereocenters. The third kappa shape index (κ3) is 3.08. The molecule has 0 fully saturated rings. The summed E-state index contributed by atoms with van der Waals surface area (Å²) in [6.45, 7) is 0. The molecule has 0 spiro atoms. The van der Waals surface area contributed by atoms with E-state index in [1.807, 2.05) is 0 Å². The topological polar surface area (TPSA) is 107 Å². The lowest BCUT2D eigenvalue weighted by molar-refractivity contribution is 0.580. The van der Waals surface area contributed by atoms with E-state index in [4.69, 9.17) is 11.0 Å². The minimum absolute atomic E-state index is 0.306. The Balaban J connectivity index is 2.74. The molecule has 1 aromatic rings. The highest BCUT2D eigenvalue weighted by Gasteiger charge is 2.07. The lowest BCUT2D eigenvalue weighted by atomic mass is 10.7. The van der Waals surface area contributed by atoms with Crippen molar-refractivity contribution in [1.82, 2.24) is 9.97 Å². The van der Waals surface area contributed by atoms with Crippen molar-refractivity contribution in [1.29, 1.82) is 0 Å². The molecule has 0 aliphatic rings. The molecular formula is C4H8N5OP. The molecule has 6 nitrogen and oxygen atoms in total. The van der Waals surface area contributed by atoms with E-state index in [-0.39, 0.29) is 0 Å². The molecular weight excluding hydrogens is 165 g/mol. The summed E-state index contributed by atoms with van der Waals surface area (Å²) in [5, 5.41) is 2.32. The fraction of sp³-hybridized carbons (Fsp3) is 0. The lowest BCUT2D eigenvalue weighted by Crippen LogP contribution is -2.13. The van der Waals surface area contributed by atoms with Gasteiger partial charge in [-0.15, -0.1) is 0 Å². The molecule has 0 amide bonds. The average Bonchev–Trinajstić information content (AvgIpc) is 1.85. The maximum atomic E-state index is 10.8. The van der Waals surface area contributed by atoms with Gasteiger partial charge >= 0.3 is 0 Å². The van der Waals surface area contributed by atoms with Gasteiger partial charge in [-0.25, -0.2) is 4.98 Å². The van der Waals surface area contributed by atoms with Gasteiger partial charge in [-0.1, -0.05) is 0 Å². The molecule has 1 heterocycles. The van der Waals surface area contributed by atoms with Crippen LogP contribution in [0.15, 0.2) is 18.6 Å². The van der Waals surface area contributed by atoms with Crippen molar-refractivity contribution < 1.29 is 4.57 Å². The first-order valence-corrected chi connectivity index (χ1v) is 4.64. The Kier molecular flexibility index (Phi) is 2.19. The first-order chi connectivity index (χ1) is 5.08. The number of nitrogens with two attached hydrogens (primary N) is 2. The first-order valence-electron chi connectivity index (χ1n) is 2.79. The highest BCUT2D eigenvalue weighted by atomic mass is 31.2. The fourth-order valence-electron chi connectivity index (χ4n) is 0.536. The predicted octanol–water partition coefficient (Wildman–Crippen LogP) is -0.0860. The normalized spacial score (nSPS) is 11.1. The number of rotatable bonds is 2. The molecule has 0 saturated heterocycles. The second kappa shape index (κ2) is 2.96. The van der Waals surface area contributed by atoms with E-state index in [1.54, 1.807) is 0 Å². The summed E-state index contributed by atoms with van der Waals surface area (Å²) in [7, 11) is -3.24. The van der Waals surface area contributed by atoms with E-state index in [0.717, 1.165) is 0 Å². The summed E-state index contributed by atoms with van der Waals surface area (Å²) in [4.78, 5) is 7.47. The second-order valence-corrected chi connectivity index (χ2v) is 3.55. The van der Waals surface area contributed by atoms with E-state index >= 15 is 0 Å². The molecule has 7 heteroatoms. The molecule has 0 unspecified atom stereocenters. The third-order valence-electron chi connectivity index (χ3n) is 0.852. The van der Waals surface area contributed by atoms with Crippen LogP contribution in [0, 0.1) is 0 Å². The van der Waals surface area contributed by atoms with Crippen LogP contribution in [-0.2, 0) is 4.57 Å². The van der Waals surface area contributed by atoms with E-state index < -0.39 is 7.59 Å². The number of nitrogens with zero attached hydrogens (tertiary/aromatic N) is 2. The monoisotopic (exact) mass is 173 g/mol. The highest BCUT2D eigenvalue weighted by molar-refractivity contribution is 7.60. The Morgan fingerprint density at radius 3 is 2.64 bits per heavy atom.